The first-order chi connectivity index (χ1) is 34.5. The second-order valence-corrected chi connectivity index (χ2v) is 21.2. The Morgan fingerprint density at radius 2 is 1.08 bits per heavy atom. The molecule has 0 atom stereocenters. The van der Waals surface area contributed by atoms with Crippen molar-refractivity contribution in [1.29, 1.82) is 0 Å². The maximum Gasteiger partial charge on any atom is 0.254 e. The Morgan fingerprint density at radius 3 is 1.83 bits per heavy atom. The SMILES string of the molecule is CC(C)(C)c1ccc(N(c2ccc3c(n2)N(c2cccc4c2oc2ccccc24)c2cc(C(C)(C)C)cc4c2B3c2ccccc2N4c2ccccc2)c2ccc(-c3ccccc3)c3ccccc23)cc1. The molecule has 342 valence electrons. The fourth-order valence-corrected chi connectivity index (χ4v) is 11.2. The highest BCUT2D eigenvalue weighted by Gasteiger charge is 2.45. The second-order valence-electron chi connectivity index (χ2n) is 21.2. The van der Waals surface area contributed by atoms with Crippen LogP contribution in [-0.2, 0) is 10.8 Å². The minimum atomic E-state index is -0.185. The molecule has 6 heteroatoms. The van der Waals surface area contributed by atoms with E-state index >= 15 is 0 Å². The molecule has 5 nitrogen and oxygen atoms in total. The lowest BCUT2D eigenvalue weighted by atomic mass is 9.33. The Kier molecular flexibility index (Phi) is 9.70. The molecule has 0 saturated carbocycles. The molecule has 0 radical (unpaired) electrons. The Labute approximate surface area is 416 Å². The van der Waals surface area contributed by atoms with Gasteiger partial charge >= 0.3 is 0 Å². The third-order valence-electron chi connectivity index (χ3n) is 14.8. The first-order valence-corrected chi connectivity index (χ1v) is 24.8. The average molecular weight is 917 g/mol. The predicted molar refractivity (Wildman–Crippen MR) is 301 cm³/mol. The van der Waals surface area contributed by atoms with Crippen molar-refractivity contribution < 1.29 is 4.42 Å². The number of anilines is 9. The van der Waals surface area contributed by atoms with Gasteiger partial charge in [-0.2, -0.15) is 0 Å². The molecule has 11 aromatic rings. The molecule has 9 aromatic carbocycles. The largest absolute Gasteiger partial charge is 0.454 e. The fraction of sp³-hybridized carbons (Fsp3) is 0.123. The van der Waals surface area contributed by atoms with Crippen LogP contribution in [-0.4, -0.2) is 11.7 Å². The number of hydrogen-bond acceptors (Lipinski definition) is 5. The van der Waals surface area contributed by atoms with Gasteiger partial charge in [0.2, 0.25) is 0 Å². The Morgan fingerprint density at radius 1 is 0.465 bits per heavy atom. The molecular weight excluding hydrogens is 864 g/mol. The van der Waals surface area contributed by atoms with E-state index in [9.17, 15) is 0 Å². The highest BCUT2D eigenvalue weighted by Crippen LogP contribution is 2.49. The Balaban J connectivity index is 1.12. The number of benzene rings is 9. The van der Waals surface area contributed by atoms with Crippen LogP contribution >= 0.6 is 0 Å². The fourth-order valence-electron chi connectivity index (χ4n) is 11.2. The van der Waals surface area contributed by atoms with Crippen molar-refractivity contribution in [3.63, 3.8) is 0 Å². The first-order valence-electron chi connectivity index (χ1n) is 24.8. The highest BCUT2D eigenvalue weighted by molar-refractivity contribution is 7.00. The van der Waals surface area contributed by atoms with E-state index in [1.54, 1.807) is 0 Å². The highest BCUT2D eigenvalue weighted by atomic mass is 16.3. The zero-order chi connectivity index (χ0) is 48.2. The number of nitrogens with zero attached hydrogens (tertiary/aromatic N) is 4. The maximum atomic E-state index is 6.97. The molecule has 0 amide bonds. The Hall–Kier alpha value is -8.35. The molecule has 71 heavy (non-hydrogen) atoms. The summed E-state index contributed by atoms with van der Waals surface area (Å²) in [4.78, 5) is 13.3. The summed E-state index contributed by atoms with van der Waals surface area (Å²) in [5.74, 6) is 1.69. The number of fused-ring (bicyclic) bond motifs is 8. The quantitative estimate of drug-likeness (QED) is 0.155. The first kappa shape index (κ1) is 42.7. The van der Waals surface area contributed by atoms with Crippen molar-refractivity contribution in [3.05, 3.63) is 223 Å². The summed E-state index contributed by atoms with van der Waals surface area (Å²) in [6, 6.07) is 77.4. The summed E-state index contributed by atoms with van der Waals surface area (Å²) >= 11 is 0. The van der Waals surface area contributed by atoms with E-state index < -0.39 is 0 Å². The van der Waals surface area contributed by atoms with Crippen molar-refractivity contribution in [1.82, 2.24) is 4.98 Å². The minimum Gasteiger partial charge on any atom is -0.454 e. The van der Waals surface area contributed by atoms with Crippen LogP contribution in [0.5, 0.6) is 0 Å². The van der Waals surface area contributed by atoms with Crippen LogP contribution in [0.15, 0.2) is 217 Å². The van der Waals surface area contributed by atoms with E-state index in [2.05, 4.69) is 269 Å². The number of furan rings is 1. The van der Waals surface area contributed by atoms with E-state index in [0.29, 0.717) is 0 Å². The van der Waals surface area contributed by atoms with Gasteiger partial charge in [-0.25, -0.2) is 4.98 Å². The second kappa shape index (κ2) is 16.1. The van der Waals surface area contributed by atoms with Crippen LogP contribution in [0.3, 0.4) is 0 Å². The molecule has 0 spiro atoms. The summed E-state index contributed by atoms with van der Waals surface area (Å²) in [7, 11) is 0. The average Bonchev–Trinajstić information content (AvgIpc) is 3.78. The normalized spacial score (nSPS) is 13.1. The van der Waals surface area contributed by atoms with Crippen molar-refractivity contribution in [2.45, 2.75) is 52.4 Å². The Bertz CT molecular complexity index is 3870. The molecule has 4 heterocycles. The molecule has 0 unspecified atom stereocenters. The van der Waals surface area contributed by atoms with Gasteiger partial charge in [-0.3, -0.25) is 9.80 Å². The van der Waals surface area contributed by atoms with Crippen LogP contribution in [0.2, 0.25) is 0 Å². The molecule has 0 aliphatic carbocycles. The molecule has 2 aliphatic rings. The van der Waals surface area contributed by atoms with Crippen LogP contribution in [0.1, 0.15) is 52.7 Å². The molecule has 0 fully saturated rings. The summed E-state index contributed by atoms with van der Waals surface area (Å²) < 4.78 is 6.97. The molecule has 13 rings (SSSR count). The smallest absolute Gasteiger partial charge is 0.254 e. The van der Waals surface area contributed by atoms with Gasteiger partial charge in [-0.05, 0) is 122 Å². The minimum absolute atomic E-state index is 0.0137. The summed E-state index contributed by atoms with van der Waals surface area (Å²) in [5, 5.41) is 4.48. The maximum absolute atomic E-state index is 6.97. The monoisotopic (exact) mass is 916 g/mol. The van der Waals surface area contributed by atoms with E-state index in [1.165, 1.54) is 49.9 Å². The standard InChI is InChI=1S/C65H53BN4O/c1-64(2,3)43-32-34-46(35-33-43)69(54-38-36-47(42-20-9-7-10-21-42)48-24-13-14-25-49(48)54)60-39-37-53-63(67-60)70(56-30-19-27-51-50-26-15-18-31-59(50)71-62(51)56)58-41-44(65(4,5)6)40-57-61(58)66(53)52-28-16-17-29-55(52)68(57)45-22-11-8-12-23-45/h7-41H,1-6H3. The molecule has 0 N–H and O–H groups in total. The van der Waals surface area contributed by atoms with E-state index in [1.807, 2.05) is 0 Å². The van der Waals surface area contributed by atoms with E-state index in [0.717, 1.165) is 72.9 Å². The van der Waals surface area contributed by atoms with Gasteiger partial charge in [0.15, 0.2) is 5.58 Å². The van der Waals surface area contributed by atoms with Gasteiger partial charge in [-0.1, -0.05) is 187 Å². The lowest BCUT2D eigenvalue weighted by Crippen LogP contribution is -2.61. The van der Waals surface area contributed by atoms with Crippen molar-refractivity contribution >= 4 is 107 Å². The third kappa shape index (κ3) is 6.87. The van der Waals surface area contributed by atoms with Crippen molar-refractivity contribution in [2.75, 3.05) is 14.7 Å². The van der Waals surface area contributed by atoms with Crippen molar-refractivity contribution in [2.24, 2.45) is 0 Å². The van der Waals surface area contributed by atoms with Gasteiger partial charge in [0, 0.05) is 44.6 Å². The predicted octanol–water partition coefficient (Wildman–Crippen LogP) is 15.9. The van der Waals surface area contributed by atoms with Gasteiger partial charge in [0.25, 0.3) is 6.71 Å². The molecule has 2 aromatic heterocycles. The number of pyridine rings is 1. The molecular formula is C65H53BN4O. The number of hydrogen-bond donors (Lipinski definition) is 0. The zero-order valence-electron chi connectivity index (χ0n) is 41.0. The van der Waals surface area contributed by atoms with Gasteiger partial charge < -0.3 is 9.32 Å². The lowest BCUT2D eigenvalue weighted by Gasteiger charge is -2.44. The number of rotatable bonds is 6. The van der Waals surface area contributed by atoms with E-state index in [4.69, 9.17) is 9.40 Å². The van der Waals surface area contributed by atoms with Crippen molar-refractivity contribution in [3.8, 4) is 11.1 Å². The van der Waals surface area contributed by atoms with Gasteiger partial charge in [-0.15, -0.1) is 0 Å². The number of para-hydroxylation sites is 4. The van der Waals surface area contributed by atoms with Crippen LogP contribution < -0.4 is 31.1 Å². The third-order valence-corrected chi connectivity index (χ3v) is 14.8. The van der Waals surface area contributed by atoms with Crippen LogP contribution in [0, 0.1) is 0 Å². The molecule has 2 aliphatic heterocycles. The number of aromatic nitrogens is 1. The van der Waals surface area contributed by atoms with Gasteiger partial charge in [0.05, 0.1) is 11.4 Å². The van der Waals surface area contributed by atoms with E-state index in [-0.39, 0.29) is 17.5 Å². The zero-order valence-corrected chi connectivity index (χ0v) is 41.0. The lowest BCUT2D eigenvalue weighted by molar-refractivity contribution is 0.590. The topological polar surface area (TPSA) is 35.8 Å². The van der Waals surface area contributed by atoms with Crippen LogP contribution in [0.4, 0.5) is 51.4 Å². The summed E-state index contributed by atoms with van der Waals surface area (Å²) in [6.45, 7) is 13.7. The summed E-state index contributed by atoms with van der Waals surface area (Å²) in [5.41, 5.74) is 17.6. The van der Waals surface area contributed by atoms with Gasteiger partial charge in [0.1, 0.15) is 17.2 Å². The molecule has 0 saturated heterocycles. The molecule has 0 bridgehead atoms. The van der Waals surface area contributed by atoms with Crippen LogP contribution in [0.25, 0.3) is 43.8 Å². The summed E-state index contributed by atoms with van der Waals surface area (Å²) in [6.07, 6.45) is 0.